The number of anilines is 1. The van der Waals surface area contributed by atoms with Crippen LogP contribution in [0.3, 0.4) is 0 Å². The number of ether oxygens (including phenoxy) is 1. The van der Waals surface area contributed by atoms with Crippen molar-refractivity contribution in [3.05, 3.63) is 29.8 Å². The highest BCUT2D eigenvalue weighted by Crippen LogP contribution is 2.41. The Bertz CT molecular complexity index is 683. The molecule has 3 rings (SSSR count). The number of carbonyl (C=O) groups excluding carboxylic acids is 3. The van der Waals surface area contributed by atoms with E-state index < -0.39 is 5.97 Å². The van der Waals surface area contributed by atoms with Crippen LogP contribution in [-0.2, 0) is 14.3 Å². The molecule has 2 atom stereocenters. The first-order valence-corrected chi connectivity index (χ1v) is 8.47. The lowest BCUT2D eigenvalue weighted by Gasteiger charge is -2.32. The monoisotopic (exact) mass is 345 g/mol. The van der Waals surface area contributed by atoms with Crippen LogP contribution in [0.25, 0.3) is 0 Å². The Hall–Kier alpha value is -2.41. The van der Waals surface area contributed by atoms with Gasteiger partial charge in [0, 0.05) is 26.2 Å². The molecule has 2 fully saturated rings. The average Bonchev–Trinajstić information content (AvgIpc) is 3.42. The molecule has 2 amide bonds. The van der Waals surface area contributed by atoms with E-state index in [0.717, 1.165) is 13.1 Å². The summed E-state index contributed by atoms with van der Waals surface area (Å²) < 4.78 is 4.73. The number of methoxy groups -OCH3 is 1. The number of hydrogen-bond donors (Lipinski definition) is 1. The minimum atomic E-state index is -0.503. The van der Waals surface area contributed by atoms with Gasteiger partial charge in [-0.25, -0.2) is 4.79 Å². The van der Waals surface area contributed by atoms with E-state index in [9.17, 15) is 14.4 Å². The number of benzene rings is 1. The van der Waals surface area contributed by atoms with E-state index in [1.807, 2.05) is 11.9 Å². The fourth-order valence-electron chi connectivity index (χ4n) is 3.12. The van der Waals surface area contributed by atoms with Gasteiger partial charge in [-0.15, -0.1) is 0 Å². The van der Waals surface area contributed by atoms with E-state index in [0.29, 0.717) is 30.8 Å². The van der Waals surface area contributed by atoms with Crippen molar-refractivity contribution in [1.82, 2.24) is 9.80 Å². The van der Waals surface area contributed by atoms with Gasteiger partial charge in [-0.3, -0.25) is 9.59 Å². The molecule has 1 aromatic carbocycles. The minimum absolute atomic E-state index is 0.0644. The highest BCUT2D eigenvalue weighted by atomic mass is 16.5. The number of carbonyl (C=O) groups is 3. The second-order valence-corrected chi connectivity index (χ2v) is 6.60. The van der Waals surface area contributed by atoms with Crippen LogP contribution < -0.4 is 5.32 Å². The lowest BCUT2D eigenvalue weighted by Crippen LogP contribution is -2.48. The van der Waals surface area contributed by atoms with Gasteiger partial charge in [0.25, 0.3) is 0 Å². The Morgan fingerprint density at radius 3 is 2.44 bits per heavy atom. The fourth-order valence-corrected chi connectivity index (χ4v) is 3.12. The summed E-state index contributed by atoms with van der Waals surface area (Å²) in [5.74, 6) is -1.22. The van der Waals surface area contributed by atoms with Gasteiger partial charge in [-0.2, -0.15) is 0 Å². The van der Waals surface area contributed by atoms with Crippen molar-refractivity contribution < 1.29 is 19.1 Å². The molecule has 1 aromatic rings. The SMILES string of the molecule is COC(=O)c1ccccc1NC(=O)C1CC1C(=O)N1CCN(C)CC1. The van der Waals surface area contributed by atoms with Crippen LogP contribution >= 0.6 is 0 Å². The number of esters is 1. The third-order valence-corrected chi connectivity index (χ3v) is 4.85. The maximum Gasteiger partial charge on any atom is 0.339 e. The number of nitrogens with one attached hydrogen (secondary N) is 1. The summed E-state index contributed by atoms with van der Waals surface area (Å²) in [5, 5.41) is 2.76. The third kappa shape index (κ3) is 3.82. The zero-order valence-electron chi connectivity index (χ0n) is 14.5. The number of para-hydroxylation sites is 1. The van der Waals surface area contributed by atoms with Crippen LogP contribution in [0, 0.1) is 11.8 Å². The van der Waals surface area contributed by atoms with E-state index in [1.165, 1.54) is 7.11 Å². The predicted molar refractivity (Wildman–Crippen MR) is 92.1 cm³/mol. The van der Waals surface area contributed by atoms with Crippen molar-refractivity contribution in [2.75, 3.05) is 45.7 Å². The Labute approximate surface area is 146 Å². The number of nitrogens with zero attached hydrogens (tertiary/aromatic N) is 2. The standard InChI is InChI=1S/C18H23N3O4/c1-20-7-9-21(10-8-20)17(23)14-11-13(14)16(22)19-15-6-4-3-5-12(15)18(24)25-2/h3-6,13-14H,7-11H2,1-2H3,(H,19,22). The summed E-state index contributed by atoms with van der Waals surface area (Å²) in [6.07, 6.45) is 0.567. The van der Waals surface area contributed by atoms with Crippen molar-refractivity contribution in [2.24, 2.45) is 11.8 Å². The van der Waals surface area contributed by atoms with Gasteiger partial charge in [0.05, 0.1) is 30.2 Å². The first-order valence-electron chi connectivity index (χ1n) is 8.47. The number of hydrogen-bond acceptors (Lipinski definition) is 5. The highest BCUT2D eigenvalue weighted by molar-refractivity contribution is 6.04. The normalized spacial score (nSPS) is 23.0. The van der Waals surface area contributed by atoms with Crippen molar-refractivity contribution in [3.63, 3.8) is 0 Å². The molecule has 1 saturated heterocycles. The lowest BCUT2D eigenvalue weighted by atomic mass is 10.1. The molecule has 25 heavy (non-hydrogen) atoms. The molecule has 134 valence electrons. The van der Waals surface area contributed by atoms with E-state index in [4.69, 9.17) is 4.74 Å². The van der Waals surface area contributed by atoms with Gasteiger partial charge in [0.15, 0.2) is 0 Å². The second kappa shape index (κ2) is 7.23. The largest absolute Gasteiger partial charge is 0.465 e. The van der Waals surface area contributed by atoms with Crippen LogP contribution in [0.15, 0.2) is 24.3 Å². The smallest absolute Gasteiger partial charge is 0.339 e. The summed E-state index contributed by atoms with van der Waals surface area (Å²) in [7, 11) is 3.33. The quantitative estimate of drug-likeness (QED) is 0.818. The van der Waals surface area contributed by atoms with Crippen LogP contribution in [0.4, 0.5) is 5.69 Å². The maximum absolute atomic E-state index is 12.5. The van der Waals surface area contributed by atoms with Crippen molar-refractivity contribution in [3.8, 4) is 0 Å². The highest BCUT2D eigenvalue weighted by Gasteiger charge is 2.49. The molecule has 2 unspecified atom stereocenters. The van der Waals surface area contributed by atoms with Crippen molar-refractivity contribution in [2.45, 2.75) is 6.42 Å². The maximum atomic E-state index is 12.5. The van der Waals surface area contributed by atoms with Crippen molar-refractivity contribution >= 4 is 23.5 Å². The number of likely N-dealkylation sites (N-methyl/N-ethyl adjacent to an activating group) is 1. The predicted octanol–water partition coefficient (Wildman–Crippen LogP) is 0.822. The van der Waals surface area contributed by atoms with Crippen LogP contribution in [0.5, 0.6) is 0 Å². The van der Waals surface area contributed by atoms with Gasteiger partial charge in [0.1, 0.15) is 0 Å². The van der Waals surface area contributed by atoms with Crippen LogP contribution in [-0.4, -0.2) is 67.9 Å². The first kappa shape index (κ1) is 17.4. The number of rotatable bonds is 4. The fraction of sp³-hybridized carbons (Fsp3) is 0.500. The van der Waals surface area contributed by atoms with Crippen LogP contribution in [0.1, 0.15) is 16.8 Å². The van der Waals surface area contributed by atoms with Gasteiger partial charge >= 0.3 is 5.97 Å². The Morgan fingerprint density at radius 2 is 1.76 bits per heavy atom. The summed E-state index contributed by atoms with van der Waals surface area (Å²) in [5.41, 5.74) is 0.720. The molecular weight excluding hydrogens is 322 g/mol. The zero-order valence-corrected chi connectivity index (χ0v) is 14.5. The van der Waals surface area contributed by atoms with Crippen LogP contribution in [0.2, 0.25) is 0 Å². The molecule has 0 spiro atoms. The third-order valence-electron chi connectivity index (χ3n) is 4.85. The first-order chi connectivity index (χ1) is 12.0. The molecule has 0 aromatic heterocycles. The molecule has 1 aliphatic carbocycles. The summed E-state index contributed by atoms with van der Waals surface area (Å²) in [6, 6.07) is 6.70. The molecule has 1 aliphatic heterocycles. The molecule has 7 heteroatoms. The molecule has 1 saturated carbocycles. The molecular formula is C18H23N3O4. The molecule has 0 bridgehead atoms. The van der Waals surface area contributed by atoms with Gasteiger partial charge in [-0.05, 0) is 25.6 Å². The van der Waals surface area contributed by atoms with E-state index in [-0.39, 0.29) is 23.7 Å². The second-order valence-electron chi connectivity index (χ2n) is 6.60. The Balaban J connectivity index is 1.59. The Kier molecular flexibility index (Phi) is 5.03. The topological polar surface area (TPSA) is 78.9 Å². The zero-order chi connectivity index (χ0) is 18.0. The number of amides is 2. The molecule has 7 nitrogen and oxygen atoms in total. The van der Waals surface area contributed by atoms with Gasteiger partial charge < -0.3 is 19.9 Å². The molecule has 0 radical (unpaired) electrons. The summed E-state index contributed by atoms with van der Waals surface area (Å²) in [4.78, 5) is 40.8. The minimum Gasteiger partial charge on any atom is -0.465 e. The lowest BCUT2D eigenvalue weighted by molar-refractivity contribution is -0.135. The molecule has 1 heterocycles. The summed E-state index contributed by atoms with van der Waals surface area (Å²) in [6.45, 7) is 3.15. The van der Waals surface area contributed by atoms with Crippen molar-refractivity contribution in [1.29, 1.82) is 0 Å². The molecule has 1 N–H and O–H groups in total. The Morgan fingerprint density at radius 1 is 1.08 bits per heavy atom. The van der Waals surface area contributed by atoms with E-state index in [1.54, 1.807) is 24.3 Å². The van der Waals surface area contributed by atoms with Gasteiger partial charge in [-0.1, -0.05) is 12.1 Å². The van der Waals surface area contributed by atoms with E-state index >= 15 is 0 Å². The number of piperazine rings is 1. The molecule has 2 aliphatic rings. The van der Waals surface area contributed by atoms with E-state index in [2.05, 4.69) is 10.2 Å². The summed E-state index contributed by atoms with van der Waals surface area (Å²) >= 11 is 0. The average molecular weight is 345 g/mol. The van der Waals surface area contributed by atoms with Gasteiger partial charge in [0.2, 0.25) is 11.8 Å².